The summed E-state index contributed by atoms with van der Waals surface area (Å²) in [7, 11) is 6.16. The fourth-order valence-electron chi connectivity index (χ4n) is 0.925. The Morgan fingerprint density at radius 3 is 2.73 bits per heavy atom. The van der Waals surface area contributed by atoms with E-state index in [9.17, 15) is 0 Å². The van der Waals surface area contributed by atoms with Crippen molar-refractivity contribution >= 4 is 23.4 Å². The second-order valence-corrected chi connectivity index (χ2v) is 4.34. The average molecular weight is 193 g/mol. The van der Waals surface area contributed by atoms with Crippen molar-refractivity contribution in [3.63, 3.8) is 0 Å². The van der Waals surface area contributed by atoms with E-state index in [1.54, 1.807) is 11.8 Å². The molecule has 1 aliphatic rings. The van der Waals surface area contributed by atoms with Crippen LogP contribution < -0.4 is 0 Å². The molecule has 2 nitrogen and oxygen atoms in total. The summed E-state index contributed by atoms with van der Waals surface area (Å²) in [6.07, 6.45) is 0. The van der Waals surface area contributed by atoms with E-state index in [0.717, 1.165) is 11.7 Å². The summed E-state index contributed by atoms with van der Waals surface area (Å²) in [5.74, 6) is 0. The molecule has 1 unspecified atom stereocenters. The van der Waals surface area contributed by atoms with Crippen LogP contribution >= 0.6 is 23.4 Å². The van der Waals surface area contributed by atoms with Crippen molar-refractivity contribution in [2.45, 2.75) is 5.37 Å². The van der Waals surface area contributed by atoms with E-state index in [1.165, 1.54) is 0 Å². The molecule has 0 amide bonds. The first-order valence-electron chi connectivity index (χ1n) is 3.50. The van der Waals surface area contributed by atoms with Crippen molar-refractivity contribution in [3.05, 3.63) is 10.6 Å². The topological polar surface area (TPSA) is 6.48 Å². The van der Waals surface area contributed by atoms with Crippen LogP contribution in [0.3, 0.4) is 0 Å². The lowest BCUT2D eigenvalue weighted by Crippen LogP contribution is -2.32. The van der Waals surface area contributed by atoms with Gasteiger partial charge in [0.05, 0.1) is 5.37 Å². The number of rotatable bonds is 2. The summed E-state index contributed by atoms with van der Waals surface area (Å²) in [5.41, 5.74) is 0. The van der Waals surface area contributed by atoms with Gasteiger partial charge in [-0.05, 0) is 14.1 Å². The Labute approximate surface area is 77.2 Å². The predicted molar refractivity (Wildman–Crippen MR) is 51.6 cm³/mol. The van der Waals surface area contributed by atoms with Crippen LogP contribution in [0.25, 0.3) is 0 Å². The fourth-order valence-corrected chi connectivity index (χ4v) is 2.37. The molecule has 0 saturated carbocycles. The molecule has 1 atom stereocenters. The van der Waals surface area contributed by atoms with Crippen molar-refractivity contribution < 1.29 is 0 Å². The van der Waals surface area contributed by atoms with E-state index in [1.807, 2.05) is 12.5 Å². The Hall–Kier alpha value is 0.140. The SMILES string of the molecule is CN(C)CC1SC=C(Cl)N1C. The summed E-state index contributed by atoms with van der Waals surface area (Å²) < 4.78 is 0. The van der Waals surface area contributed by atoms with Crippen LogP contribution in [-0.4, -0.2) is 42.9 Å². The van der Waals surface area contributed by atoms with Gasteiger partial charge in [0.1, 0.15) is 5.16 Å². The van der Waals surface area contributed by atoms with E-state index in [-0.39, 0.29) is 0 Å². The molecular weight excluding hydrogens is 180 g/mol. The van der Waals surface area contributed by atoms with Gasteiger partial charge in [-0.1, -0.05) is 11.6 Å². The second-order valence-electron chi connectivity index (χ2n) is 2.90. The van der Waals surface area contributed by atoms with E-state index in [0.29, 0.717) is 5.37 Å². The molecule has 1 rings (SSSR count). The zero-order valence-corrected chi connectivity index (χ0v) is 8.61. The highest BCUT2D eigenvalue weighted by Crippen LogP contribution is 2.31. The second kappa shape index (κ2) is 3.70. The van der Waals surface area contributed by atoms with Gasteiger partial charge in [0, 0.05) is 19.0 Å². The van der Waals surface area contributed by atoms with Crippen LogP contribution in [0.5, 0.6) is 0 Å². The molecule has 4 heteroatoms. The Morgan fingerprint density at radius 1 is 1.73 bits per heavy atom. The Balaban J connectivity index is 2.41. The smallest absolute Gasteiger partial charge is 0.111 e. The van der Waals surface area contributed by atoms with Gasteiger partial charge in [0.15, 0.2) is 0 Å². The van der Waals surface area contributed by atoms with Gasteiger partial charge >= 0.3 is 0 Å². The maximum absolute atomic E-state index is 5.89. The third-order valence-corrected chi connectivity index (χ3v) is 3.26. The third-order valence-electron chi connectivity index (χ3n) is 1.61. The van der Waals surface area contributed by atoms with Crippen molar-refractivity contribution in [3.8, 4) is 0 Å². The van der Waals surface area contributed by atoms with Crippen molar-refractivity contribution in [1.82, 2.24) is 9.80 Å². The predicted octanol–water partition coefficient (Wildman–Crippen LogP) is 1.59. The molecule has 11 heavy (non-hydrogen) atoms. The first kappa shape index (κ1) is 9.23. The maximum atomic E-state index is 5.89. The lowest BCUT2D eigenvalue weighted by Gasteiger charge is -2.24. The quantitative estimate of drug-likeness (QED) is 0.614. The lowest BCUT2D eigenvalue weighted by atomic mass is 10.5. The first-order chi connectivity index (χ1) is 5.11. The molecule has 0 fully saturated rings. The van der Waals surface area contributed by atoms with Crippen molar-refractivity contribution in [1.29, 1.82) is 0 Å². The van der Waals surface area contributed by atoms with Gasteiger partial charge in [0.25, 0.3) is 0 Å². The van der Waals surface area contributed by atoms with Crippen LogP contribution in [0.1, 0.15) is 0 Å². The van der Waals surface area contributed by atoms with Crippen molar-refractivity contribution in [2.24, 2.45) is 0 Å². The first-order valence-corrected chi connectivity index (χ1v) is 4.82. The van der Waals surface area contributed by atoms with Crippen LogP contribution in [0.2, 0.25) is 0 Å². The average Bonchev–Trinajstić information content (AvgIpc) is 2.18. The summed E-state index contributed by atoms with van der Waals surface area (Å²) in [6, 6.07) is 0. The van der Waals surface area contributed by atoms with E-state index in [2.05, 4.69) is 23.9 Å². The van der Waals surface area contributed by atoms with Gasteiger partial charge in [-0.3, -0.25) is 0 Å². The third kappa shape index (κ3) is 2.29. The molecule has 0 radical (unpaired) electrons. The number of likely N-dealkylation sites (N-methyl/N-ethyl adjacent to an activating group) is 2. The van der Waals surface area contributed by atoms with Crippen LogP contribution in [0.15, 0.2) is 10.6 Å². The summed E-state index contributed by atoms with van der Waals surface area (Å²) >= 11 is 7.67. The van der Waals surface area contributed by atoms with Crippen LogP contribution in [-0.2, 0) is 0 Å². The molecule has 1 heterocycles. The molecule has 0 aromatic carbocycles. The molecule has 0 aromatic rings. The van der Waals surface area contributed by atoms with E-state index in [4.69, 9.17) is 11.6 Å². The minimum absolute atomic E-state index is 0.484. The minimum atomic E-state index is 0.484. The molecule has 1 aliphatic heterocycles. The molecule has 0 N–H and O–H groups in total. The number of halogens is 1. The van der Waals surface area contributed by atoms with Gasteiger partial charge in [-0.25, -0.2) is 0 Å². The van der Waals surface area contributed by atoms with Gasteiger partial charge in [-0.15, -0.1) is 11.8 Å². The number of thioether (sulfide) groups is 1. The zero-order valence-electron chi connectivity index (χ0n) is 7.04. The molecular formula is C7H13ClN2S. The highest BCUT2D eigenvalue weighted by Gasteiger charge is 2.22. The van der Waals surface area contributed by atoms with Gasteiger partial charge in [-0.2, -0.15) is 0 Å². The molecule has 0 spiro atoms. The summed E-state index contributed by atoms with van der Waals surface area (Å²) in [4.78, 5) is 4.25. The standard InChI is InChI=1S/C7H13ClN2S/c1-9(2)4-7-10(3)6(8)5-11-7/h5,7H,4H2,1-3H3. The molecule has 0 saturated heterocycles. The monoisotopic (exact) mass is 192 g/mol. The number of hydrogen-bond donors (Lipinski definition) is 0. The minimum Gasteiger partial charge on any atom is -0.351 e. The maximum Gasteiger partial charge on any atom is 0.111 e. The Morgan fingerprint density at radius 2 is 2.36 bits per heavy atom. The normalized spacial score (nSPS) is 24.6. The number of hydrogen-bond acceptors (Lipinski definition) is 3. The fraction of sp³-hybridized carbons (Fsp3) is 0.714. The van der Waals surface area contributed by atoms with Crippen LogP contribution in [0.4, 0.5) is 0 Å². The van der Waals surface area contributed by atoms with E-state index < -0.39 is 0 Å². The Kier molecular flexibility index (Phi) is 3.10. The van der Waals surface area contributed by atoms with Crippen molar-refractivity contribution in [2.75, 3.05) is 27.7 Å². The number of nitrogens with zero attached hydrogens (tertiary/aromatic N) is 2. The highest BCUT2D eigenvalue weighted by molar-refractivity contribution is 8.03. The van der Waals surface area contributed by atoms with Gasteiger partial charge in [0.2, 0.25) is 0 Å². The van der Waals surface area contributed by atoms with Gasteiger partial charge < -0.3 is 9.80 Å². The largest absolute Gasteiger partial charge is 0.351 e. The molecule has 64 valence electrons. The summed E-state index contributed by atoms with van der Waals surface area (Å²) in [6.45, 7) is 1.04. The molecule has 0 bridgehead atoms. The molecule has 0 aromatic heterocycles. The molecule has 0 aliphatic carbocycles. The summed E-state index contributed by atoms with van der Waals surface area (Å²) in [5, 5.41) is 3.33. The lowest BCUT2D eigenvalue weighted by molar-refractivity contribution is 0.317. The van der Waals surface area contributed by atoms with E-state index >= 15 is 0 Å². The highest BCUT2D eigenvalue weighted by atomic mass is 35.5. The Bertz CT molecular complexity index is 170. The van der Waals surface area contributed by atoms with Crippen LogP contribution in [0, 0.1) is 0 Å². The zero-order chi connectivity index (χ0) is 8.43.